The minimum absolute atomic E-state index is 0.351. The predicted octanol–water partition coefficient (Wildman–Crippen LogP) is 4.58. The van der Waals surface area contributed by atoms with Gasteiger partial charge in [-0.05, 0) is 31.0 Å². The maximum absolute atomic E-state index is 13.1. The highest BCUT2D eigenvalue weighted by Gasteiger charge is 2.18. The summed E-state index contributed by atoms with van der Waals surface area (Å²) in [5, 5.41) is 11.2. The third-order valence-electron chi connectivity index (χ3n) is 3.36. The van der Waals surface area contributed by atoms with E-state index in [-0.39, 0.29) is 5.82 Å². The molecule has 1 fully saturated rings. The van der Waals surface area contributed by atoms with Crippen molar-refractivity contribution in [2.24, 2.45) is 0 Å². The zero-order valence-electron chi connectivity index (χ0n) is 10.2. The van der Waals surface area contributed by atoms with Gasteiger partial charge in [0.1, 0.15) is 5.82 Å². The molecule has 1 saturated carbocycles. The van der Waals surface area contributed by atoms with E-state index in [0.29, 0.717) is 21.6 Å². The molecule has 0 aromatic heterocycles. The van der Waals surface area contributed by atoms with Gasteiger partial charge >= 0.3 is 0 Å². The van der Waals surface area contributed by atoms with Crippen LogP contribution < -0.4 is 0 Å². The Morgan fingerprint density at radius 1 is 1.33 bits per heavy atom. The number of aliphatic hydroxyl groups is 1. The Kier molecular flexibility index (Phi) is 5.34. The van der Waals surface area contributed by atoms with Gasteiger partial charge in [-0.2, -0.15) is 11.8 Å². The van der Waals surface area contributed by atoms with Crippen LogP contribution in [0.3, 0.4) is 0 Å². The molecule has 1 N–H and O–H groups in total. The summed E-state index contributed by atoms with van der Waals surface area (Å²) < 4.78 is 13.1. The third-order valence-corrected chi connectivity index (χ3v) is 5.15. The van der Waals surface area contributed by atoms with Crippen molar-refractivity contribution in [1.82, 2.24) is 0 Å². The monoisotopic (exact) mass is 288 g/mol. The minimum atomic E-state index is -0.680. The fourth-order valence-electron chi connectivity index (χ4n) is 2.32. The van der Waals surface area contributed by atoms with Crippen LogP contribution in [0.1, 0.15) is 43.8 Å². The summed E-state index contributed by atoms with van der Waals surface area (Å²) in [7, 11) is 0. The molecule has 2 rings (SSSR count). The van der Waals surface area contributed by atoms with E-state index in [4.69, 9.17) is 11.6 Å². The van der Waals surface area contributed by atoms with E-state index in [1.165, 1.54) is 50.3 Å². The molecule has 0 saturated heterocycles. The van der Waals surface area contributed by atoms with Crippen LogP contribution in [0, 0.1) is 5.82 Å². The average molecular weight is 289 g/mol. The van der Waals surface area contributed by atoms with Crippen molar-refractivity contribution in [1.29, 1.82) is 0 Å². The molecule has 1 aromatic rings. The van der Waals surface area contributed by atoms with Gasteiger partial charge < -0.3 is 5.11 Å². The summed E-state index contributed by atoms with van der Waals surface area (Å²) in [5.41, 5.74) is 0.500. The van der Waals surface area contributed by atoms with E-state index < -0.39 is 6.10 Å². The molecular weight excluding hydrogens is 271 g/mol. The van der Waals surface area contributed by atoms with Crippen LogP contribution in [0.25, 0.3) is 0 Å². The van der Waals surface area contributed by atoms with Gasteiger partial charge in [-0.1, -0.05) is 30.9 Å². The number of aliphatic hydroxyl groups excluding tert-OH is 1. The third kappa shape index (κ3) is 3.87. The number of thioether (sulfide) groups is 1. The molecule has 1 aromatic carbocycles. The average Bonchev–Trinajstić information content (AvgIpc) is 2.40. The first-order valence-corrected chi connectivity index (χ1v) is 7.84. The van der Waals surface area contributed by atoms with Crippen molar-refractivity contribution in [3.05, 3.63) is 34.6 Å². The molecule has 1 aliphatic rings. The van der Waals surface area contributed by atoms with Gasteiger partial charge in [0, 0.05) is 21.6 Å². The first-order chi connectivity index (χ1) is 8.66. The van der Waals surface area contributed by atoms with Crippen molar-refractivity contribution in [2.45, 2.75) is 43.5 Å². The molecule has 4 heteroatoms. The van der Waals surface area contributed by atoms with E-state index >= 15 is 0 Å². The summed E-state index contributed by atoms with van der Waals surface area (Å²) >= 11 is 7.76. The van der Waals surface area contributed by atoms with Crippen molar-refractivity contribution < 1.29 is 9.50 Å². The van der Waals surface area contributed by atoms with E-state index in [9.17, 15) is 9.50 Å². The normalized spacial score (nSPS) is 18.8. The van der Waals surface area contributed by atoms with Crippen molar-refractivity contribution in [3.8, 4) is 0 Å². The highest BCUT2D eigenvalue weighted by molar-refractivity contribution is 7.99. The molecule has 0 amide bonds. The molecule has 0 heterocycles. The number of hydrogen-bond donors (Lipinski definition) is 1. The molecule has 0 spiro atoms. The van der Waals surface area contributed by atoms with Crippen molar-refractivity contribution in [2.75, 3.05) is 5.75 Å². The van der Waals surface area contributed by atoms with Gasteiger partial charge in [0.25, 0.3) is 0 Å². The fourth-order valence-corrected chi connectivity index (χ4v) is 3.86. The van der Waals surface area contributed by atoms with Gasteiger partial charge in [-0.3, -0.25) is 0 Å². The van der Waals surface area contributed by atoms with Crippen molar-refractivity contribution >= 4 is 23.4 Å². The van der Waals surface area contributed by atoms with Gasteiger partial charge in [-0.15, -0.1) is 0 Å². The second-order valence-corrected chi connectivity index (χ2v) is 6.52. The molecule has 18 heavy (non-hydrogen) atoms. The smallest absolute Gasteiger partial charge is 0.123 e. The molecule has 0 aliphatic heterocycles. The molecule has 0 radical (unpaired) electrons. The van der Waals surface area contributed by atoms with Gasteiger partial charge in [0.15, 0.2) is 0 Å². The standard InChI is InChI=1S/C14H18ClFOS/c15-13-7-6-10(16)8-12(13)14(17)9-18-11-4-2-1-3-5-11/h6-8,11,14,17H,1-5,9H2. The number of benzene rings is 1. The van der Waals surface area contributed by atoms with Gasteiger partial charge in [0.05, 0.1) is 6.10 Å². The Morgan fingerprint density at radius 3 is 2.78 bits per heavy atom. The van der Waals surface area contributed by atoms with E-state index in [1.54, 1.807) is 11.8 Å². The molecule has 1 unspecified atom stereocenters. The highest BCUT2D eigenvalue weighted by atomic mass is 35.5. The maximum atomic E-state index is 13.1. The molecule has 100 valence electrons. The topological polar surface area (TPSA) is 20.2 Å². The van der Waals surface area contributed by atoms with Crippen molar-refractivity contribution in [3.63, 3.8) is 0 Å². The number of halogens is 2. The lowest BCUT2D eigenvalue weighted by atomic mass is 10.0. The molecule has 1 atom stereocenters. The summed E-state index contributed by atoms with van der Waals surface area (Å²) in [5.74, 6) is 0.240. The number of rotatable bonds is 4. The van der Waals surface area contributed by atoms with Gasteiger partial charge in [-0.25, -0.2) is 4.39 Å². The molecular formula is C14H18ClFOS. The largest absolute Gasteiger partial charge is 0.387 e. The first kappa shape index (κ1) is 14.2. The quantitative estimate of drug-likeness (QED) is 0.875. The first-order valence-electron chi connectivity index (χ1n) is 6.41. The van der Waals surface area contributed by atoms with Crippen LogP contribution in [-0.4, -0.2) is 16.1 Å². The summed E-state index contributed by atoms with van der Waals surface area (Å²) in [6.07, 6.45) is 5.68. The Labute approximate surface area is 117 Å². The second-order valence-electron chi connectivity index (χ2n) is 4.77. The number of hydrogen-bond acceptors (Lipinski definition) is 2. The molecule has 1 aliphatic carbocycles. The van der Waals surface area contributed by atoms with Crippen LogP contribution in [0.2, 0.25) is 5.02 Å². The van der Waals surface area contributed by atoms with Crippen LogP contribution in [0.15, 0.2) is 18.2 Å². The Morgan fingerprint density at radius 2 is 2.06 bits per heavy atom. The predicted molar refractivity (Wildman–Crippen MR) is 75.7 cm³/mol. The molecule has 1 nitrogen and oxygen atoms in total. The summed E-state index contributed by atoms with van der Waals surface area (Å²) in [6, 6.07) is 4.14. The van der Waals surface area contributed by atoms with E-state index in [2.05, 4.69) is 0 Å². The minimum Gasteiger partial charge on any atom is -0.387 e. The highest BCUT2D eigenvalue weighted by Crippen LogP contribution is 2.32. The maximum Gasteiger partial charge on any atom is 0.123 e. The summed E-state index contributed by atoms with van der Waals surface area (Å²) in [6.45, 7) is 0. The second kappa shape index (κ2) is 6.78. The van der Waals surface area contributed by atoms with E-state index in [1.807, 2.05) is 0 Å². The lowest BCUT2D eigenvalue weighted by Gasteiger charge is -2.22. The van der Waals surface area contributed by atoms with Gasteiger partial charge in [0.2, 0.25) is 0 Å². The zero-order valence-corrected chi connectivity index (χ0v) is 11.8. The lowest BCUT2D eigenvalue weighted by Crippen LogP contribution is -2.11. The zero-order chi connectivity index (χ0) is 13.0. The fraction of sp³-hybridized carbons (Fsp3) is 0.571. The van der Waals surface area contributed by atoms with Crippen LogP contribution >= 0.6 is 23.4 Å². The van der Waals surface area contributed by atoms with Crippen LogP contribution in [-0.2, 0) is 0 Å². The molecule has 0 bridgehead atoms. The summed E-state index contributed by atoms with van der Waals surface area (Å²) in [4.78, 5) is 0. The lowest BCUT2D eigenvalue weighted by molar-refractivity contribution is 0.203. The Hall–Kier alpha value is -0.250. The Balaban J connectivity index is 1.90. The Bertz CT molecular complexity index is 393. The SMILES string of the molecule is OC(CSC1CCCCC1)c1cc(F)ccc1Cl. The van der Waals surface area contributed by atoms with Crippen LogP contribution in [0.4, 0.5) is 4.39 Å². The van der Waals surface area contributed by atoms with Crippen LogP contribution in [0.5, 0.6) is 0 Å². The van der Waals surface area contributed by atoms with E-state index in [0.717, 1.165) is 0 Å².